The second-order valence-corrected chi connectivity index (χ2v) is 19.9. The van der Waals surface area contributed by atoms with Gasteiger partial charge in [-0.25, -0.2) is 0 Å². The van der Waals surface area contributed by atoms with Crippen molar-refractivity contribution in [3.63, 3.8) is 0 Å². The summed E-state index contributed by atoms with van der Waals surface area (Å²) in [6, 6.07) is 51.5. The van der Waals surface area contributed by atoms with E-state index in [1.807, 2.05) is 0 Å². The van der Waals surface area contributed by atoms with Gasteiger partial charge in [0.1, 0.15) is 0 Å². The van der Waals surface area contributed by atoms with Crippen molar-refractivity contribution in [3.8, 4) is 0 Å². The summed E-state index contributed by atoms with van der Waals surface area (Å²) in [6.45, 7) is 28.7. The van der Waals surface area contributed by atoms with Gasteiger partial charge in [0.05, 0.1) is 39.6 Å². The Kier molecular flexibility index (Phi) is 32.4. The summed E-state index contributed by atoms with van der Waals surface area (Å²) < 4.78 is 24.3. The molecule has 0 aliphatic carbocycles. The van der Waals surface area contributed by atoms with Crippen LogP contribution in [0.1, 0.15) is 139 Å². The quantitative estimate of drug-likeness (QED) is 0.0611. The van der Waals surface area contributed by atoms with Crippen LogP contribution in [0.15, 0.2) is 146 Å². The predicted molar refractivity (Wildman–Crippen MR) is 303 cm³/mol. The third kappa shape index (κ3) is 23.1. The molecule has 5 aromatic carbocycles. The molecule has 66 heavy (non-hydrogen) atoms. The zero-order chi connectivity index (χ0) is 44.8. The number of hydrogen-bond donors (Lipinski definition) is 0. The summed E-state index contributed by atoms with van der Waals surface area (Å²) in [5.74, 6) is 2.78. The van der Waals surface area contributed by atoms with Crippen molar-refractivity contribution in [1.82, 2.24) is 0 Å². The smallest absolute Gasteiger partial charge is 0.0717 e. The highest BCUT2D eigenvalue weighted by molar-refractivity contribution is 7.59. The molecule has 0 radical (unpaired) electrons. The largest absolute Gasteiger partial charge is 0.381 e. The molecular formula is C58H88O4S4. The fraction of sp³-hybridized carbons (Fsp3) is 0.483. The molecule has 0 amide bonds. The zero-order valence-corrected chi connectivity index (χ0v) is 46.0. The number of benzene rings is 5. The highest BCUT2D eigenvalue weighted by Crippen LogP contribution is 2.36. The Morgan fingerprint density at radius 3 is 0.939 bits per heavy atom. The molecule has 0 unspecified atom stereocenters. The lowest BCUT2D eigenvalue weighted by molar-refractivity contribution is 0.0710. The third-order valence-corrected chi connectivity index (χ3v) is 12.1. The van der Waals surface area contributed by atoms with Gasteiger partial charge in [-0.1, -0.05) is 215 Å². The average Bonchev–Trinajstić information content (AvgIpc) is 3.25. The Bertz CT molecular complexity index is 1880. The van der Waals surface area contributed by atoms with Crippen molar-refractivity contribution in [2.45, 2.75) is 119 Å². The van der Waals surface area contributed by atoms with E-state index in [0.717, 1.165) is 45.9 Å². The Hall–Kier alpha value is -2.66. The molecule has 0 aliphatic rings. The number of rotatable bonds is 23. The molecule has 0 bridgehead atoms. The maximum absolute atomic E-state index is 6.16. The van der Waals surface area contributed by atoms with Gasteiger partial charge in [0.2, 0.25) is 0 Å². The van der Waals surface area contributed by atoms with E-state index in [2.05, 4.69) is 215 Å². The summed E-state index contributed by atoms with van der Waals surface area (Å²) in [4.78, 5) is 0. The lowest BCUT2D eigenvalue weighted by Gasteiger charge is -2.31. The van der Waals surface area contributed by atoms with Crippen LogP contribution in [0.2, 0.25) is 0 Å². The zero-order valence-electron chi connectivity index (χ0n) is 42.0. The molecular weight excluding hydrogens is 889 g/mol. The highest BCUT2D eigenvalue weighted by atomic mass is 32.1. The Morgan fingerprint density at radius 1 is 0.348 bits per heavy atom. The van der Waals surface area contributed by atoms with Crippen molar-refractivity contribution < 1.29 is 18.9 Å². The second-order valence-electron chi connectivity index (χ2n) is 19.9. The molecule has 0 N–H and O–H groups in total. The molecule has 4 atom stereocenters. The van der Waals surface area contributed by atoms with E-state index in [1.54, 1.807) is 0 Å². The topological polar surface area (TPSA) is 36.9 Å². The first-order valence-corrected chi connectivity index (χ1v) is 23.3. The van der Waals surface area contributed by atoms with Crippen LogP contribution in [0.4, 0.5) is 0 Å². The van der Waals surface area contributed by atoms with E-state index < -0.39 is 0 Å². The minimum atomic E-state index is 0. The fourth-order valence-electron chi connectivity index (χ4n) is 7.96. The first-order valence-electron chi connectivity index (χ1n) is 23.3. The summed E-state index contributed by atoms with van der Waals surface area (Å²) >= 11 is 0. The van der Waals surface area contributed by atoms with Crippen molar-refractivity contribution in [2.75, 3.05) is 39.6 Å². The first kappa shape index (κ1) is 63.3. The van der Waals surface area contributed by atoms with E-state index in [1.165, 1.54) is 33.4 Å². The van der Waals surface area contributed by atoms with Crippen LogP contribution in [0.3, 0.4) is 0 Å². The summed E-state index contributed by atoms with van der Waals surface area (Å²) in [5.41, 5.74) is 8.17. The van der Waals surface area contributed by atoms with Gasteiger partial charge in [0.25, 0.3) is 0 Å². The number of unbranched alkanes of at least 4 members (excludes halogenated alkanes) is 1. The van der Waals surface area contributed by atoms with E-state index in [9.17, 15) is 0 Å². The molecule has 0 spiro atoms. The van der Waals surface area contributed by atoms with Crippen LogP contribution < -0.4 is 0 Å². The van der Waals surface area contributed by atoms with Crippen molar-refractivity contribution in [1.29, 1.82) is 0 Å². The van der Waals surface area contributed by atoms with E-state index in [0.29, 0.717) is 55.3 Å². The van der Waals surface area contributed by atoms with Crippen LogP contribution in [0, 0.1) is 22.7 Å². The van der Waals surface area contributed by atoms with Gasteiger partial charge in [0.15, 0.2) is 0 Å². The number of ether oxygens (including phenoxy) is 4. The lowest BCUT2D eigenvalue weighted by Crippen LogP contribution is -2.23. The van der Waals surface area contributed by atoms with E-state index >= 15 is 0 Å². The normalized spacial score (nSPS) is 13.1. The van der Waals surface area contributed by atoms with Crippen molar-refractivity contribution >= 4 is 54.0 Å². The van der Waals surface area contributed by atoms with Gasteiger partial charge in [-0.05, 0) is 68.9 Å². The standard InChI is InChI=1S/C31H40O2.C27H40O2.4H2S/c1-24(2)29(27-12-8-6-9-13-27)22-32-20-25-16-18-26(19-17-25)21-33-23-30(31(3,4)5)28-14-10-7-11-15-28;1-22(2)25(23-14-8-6-9-15-23)20-28-18-12-13-19-29-21-26(27(3,4)5)24-16-10-7-11-17-24;;;;/h6-19,24,29-30H,20-23H2,1-5H3;6-11,14-17,22,25-26H,12-13,18-21H2,1-5H3;4*1H2/t29-,30+;25-,26+;;;;/m00..../s1. The van der Waals surface area contributed by atoms with Gasteiger partial charge in [-0.3, -0.25) is 0 Å². The van der Waals surface area contributed by atoms with E-state index in [-0.39, 0.29) is 64.8 Å². The monoisotopic (exact) mass is 977 g/mol. The SMILES string of the molecule is CC(C)[C@H](COCCCCOC[C@H](c1ccccc1)C(C)(C)C)c1ccccc1.CC(C)[C@H](COCc1ccc(COC[C@H](c2ccccc2)C(C)(C)C)cc1)c1ccccc1.S.S.S.S. The van der Waals surface area contributed by atoms with Gasteiger partial charge >= 0.3 is 0 Å². The molecule has 5 aromatic rings. The van der Waals surface area contributed by atoms with Gasteiger partial charge in [-0.2, -0.15) is 54.0 Å². The Balaban J connectivity index is 0.00000122. The average molecular weight is 978 g/mol. The highest BCUT2D eigenvalue weighted by Gasteiger charge is 2.27. The molecule has 0 saturated heterocycles. The Morgan fingerprint density at radius 2 is 0.621 bits per heavy atom. The molecule has 0 saturated carbocycles. The first-order chi connectivity index (χ1) is 29.7. The third-order valence-electron chi connectivity index (χ3n) is 12.1. The van der Waals surface area contributed by atoms with Crippen molar-refractivity contribution in [2.24, 2.45) is 22.7 Å². The van der Waals surface area contributed by atoms with Crippen LogP contribution in [0.5, 0.6) is 0 Å². The summed E-state index contributed by atoms with van der Waals surface area (Å²) in [6.07, 6.45) is 2.09. The van der Waals surface area contributed by atoms with Crippen LogP contribution >= 0.6 is 54.0 Å². The van der Waals surface area contributed by atoms with Crippen LogP contribution in [-0.4, -0.2) is 39.6 Å². The van der Waals surface area contributed by atoms with Crippen molar-refractivity contribution in [3.05, 3.63) is 179 Å². The fourth-order valence-corrected chi connectivity index (χ4v) is 7.96. The molecule has 0 heterocycles. The predicted octanol–water partition coefficient (Wildman–Crippen LogP) is 15.5. The molecule has 5 rings (SSSR count). The van der Waals surface area contributed by atoms with Gasteiger partial charge in [0, 0.05) is 36.9 Å². The molecule has 0 aliphatic heterocycles. The Labute approximate surface area is 430 Å². The molecule has 4 nitrogen and oxygen atoms in total. The molecule has 0 fully saturated rings. The summed E-state index contributed by atoms with van der Waals surface area (Å²) in [7, 11) is 0. The minimum Gasteiger partial charge on any atom is -0.381 e. The van der Waals surface area contributed by atoms with Crippen LogP contribution in [-0.2, 0) is 32.2 Å². The van der Waals surface area contributed by atoms with Crippen LogP contribution in [0.25, 0.3) is 0 Å². The van der Waals surface area contributed by atoms with E-state index in [4.69, 9.17) is 18.9 Å². The summed E-state index contributed by atoms with van der Waals surface area (Å²) in [5, 5.41) is 0. The number of hydrogen-bond acceptors (Lipinski definition) is 4. The van der Waals surface area contributed by atoms with Gasteiger partial charge < -0.3 is 18.9 Å². The second kappa shape index (κ2) is 33.8. The minimum absolute atomic E-state index is 0. The lowest BCUT2D eigenvalue weighted by atomic mass is 9.77. The molecule has 0 aromatic heterocycles. The maximum Gasteiger partial charge on any atom is 0.0717 e. The molecule has 8 heteroatoms. The maximum atomic E-state index is 6.16. The van der Waals surface area contributed by atoms with Gasteiger partial charge in [-0.15, -0.1) is 0 Å². The molecule has 368 valence electrons.